The molecule has 1 rings (SSSR count). The first-order valence-corrected chi connectivity index (χ1v) is 8.50. The number of ketones is 1. The van der Waals surface area contributed by atoms with Crippen molar-refractivity contribution in [1.82, 2.24) is 10.6 Å². The minimum atomic E-state index is -0.0396. The molecule has 0 spiro atoms. The van der Waals surface area contributed by atoms with Gasteiger partial charge in [-0.1, -0.05) is 18.5 Å². The van der Waals surface area contributed by atoms with Crippen LogP contribution in [-0.4, -0.2) is 42.8 Å². The summed E-state index contributed by atoms with van der Waals surface area (Å²) in [5, 5.41) is 6.62. The smallest absolute Gasteiger partial charge is 0.230 e. The molecule has 0 fully saturated rings. The molecule has 1 amide bonds. The van der Waals surface area contributed by atoms with Gasteiger partial charge in [0.25, 0.3) is 0 Å². The second kappa shape index (κ2) is 10.7. The third-order valence-electron chi connectivity index (χ3n) is 2.68. The van der Waals surface area contributed by atoms with E-state index < -0.39 is 0 Å². The van der Waals surface area contributed by atoms with E-state index in [0.29, 0.717) is 28.6 Å². The molecule has 0 atom stereocenters. The Bertz CT molecular complexity index is 451. The summed E-state index contributed by atoms with van der Waals surface area (Å²) in [5.41, 5.74) is 0.621. The fraction of sp³-hybridized carbons (Fsp3) is 0.467. The molecule has 0 unspecified atom stereocenters. The predicted molar refractivity (Wildman–Crippen MR) is 89.3 cm³/mol. The third kappa shape index (κ3) is 8.09. The molecule has 4 nitrogen and oxygen atoms in total. The molecule has 1 aromatic rings. The quantitative estimate of drug-likeness (QED) is 0.511. The molecular formula is C15H21ClN2O2S. The van der Waals surface area contributed by atoms with Crippen LogP contribution in [0.15, 0.2) is 24.3 Å². The second-order valence-electron chi connectivity index (χ2n) is 4.52. The van der Waals surface area contributed by atoms with Gasteiger partial charge in [-0.25, -0.2) is 0 Å². The fourth-order valence-corrected chi connectivity index (χ4v) is 2.47. The summed E-state index contributed by atoms with van der Waals surface area (Å²) in [7, 11) is 0. The predicted octanol–water partition coefficient (Wildman–Crippen LogP) is 2.37. The van der Waals surface area contributed by atoms with Crippen molar-refractivity contribution in [2.75, 3.05) is 31.1 Å². The van der Waals surface area contributed by atoms with Crippen molar-refractivity contribution in [3.63, 3.8) is 0 Å². The first kappa shape index (κ1) is 18.0. The van der Waals surface area contributed by atoms with Crippen molar-refractivity contribution in [2.24, 2.45) is 0 Å². The standard InChI is InChI=1S/C15H21ClN2O2S/c1-2-7-17-8-9-18-15(20)11-21-10-14(19)12-3-5-13(16)6-4-12/h3-6,17H,2,7-11H2,1H3,(H,18,20). The fourth-order valence-electron chi connectivity index (χ4n) is 1.60. The van der Waals surface area contributed by atoms with Crippen molar-refractivity contribution < 1.29 is 9.59 Å². The molecule has 0 heterocycles. The van der Waals surface area contributed by atoms with E-state index in [1.165, 1.54) is 11.8 Å². The van der Waals surface area contributed by atoms with Crippen LogP contribution in [0.4, 0.5) is 0 Å². The lowest BCUT2D eigenvalue weighted by Gasteiger charge is -2.06. The Labute approximate surface area is 135 Å². The molecule has 0 aromatic heterocycles. The number of benzene rings is 1. The molecule has 0 bridgehead atoms. The molecule has 0 radical (unpaired) electrons. The zero-order valence-corrected chi connectivity index (χ0v) is 13.7. The van der Waals surface area contributed by atoms with Gasteiger partial charge >= 0.3 is 0 Å². The van der Waals surface area contributed by atoms with Gasteiger partial charge in [0.1, 0.15) is 0 Å². The van der Waals surface area contributed by atoms with Crippen LogP contribution in [0.1, 0.15) is 23.7 Å². The number of hydrogen-bond acceptors (Lipinski definition) is 4. The zero-order valence-electron chi connectivity index (χ0n) is 12.2. The van der Waals surface area contributed by atoms with E-state index in [2.05, 4.69) is 17.6 Å². The van der Waals surface area contributed by atoms with Crippen LogP contribution in [0, 0.1) is 0 Å². The van der Waals surface area contributed by atoms with E-state index in [4.69, 9.17) is 11.6 Å². The topological polar surface area (TPSA) is 58.2 Å². The number of halogens is 1. The SMILES string of the molecule is CCCNCCNC(=O)CSCC(=O)c1ccc(Cl)cc1. The summed E-state index contributed by atoms with van der Waals surface area (Å²) < 4.78 is 0. The van der Waals surface area contributed by atoms with Crippen LogP contribution >= 0.6 is 23.4 Å². The van der Waals surface area contributed by atoms with Crippen LogP contribution in [0.25, 0.3) is 0 Å². The lowest BCUT2D eigenvalue weighted by Crippen LogP contribution is -2.33. The van der Waals surface area contributed by atoms with Gasteiger partial charge in [-0.2, -0.15) is 0 Å². The number of carbonyl (C=O) groups is 2. The van der Waals surface area contributed by atoms with Crippen LogP contribution in [0.5, 0.6) is 0 Å². The summed E-state index contributed by atoms with van der Waals surface area (Å²) in [5.74, 6) is 0.562. The largest absolute Gasteiger partial charge is 0.354 e. The zero-order chi connectivity index (χ0) is 15.5. The van der Waals surface area contributed by atoms with Crippen LogP contribution in [-0.2, 0) is 4.79 Å². The molecule has 2 N–H and O–H groups in total. The molecule has 21 heavy (non-hydrogen) atoms. The molecule has 116 valence electrons. The molecule has 0 saturated heterocycles. The minimum Gasteiger partial charge on any atom is -0.354 e. The van der Waals surface area contributed by atoms with Crippen molar-refractivity contribution in [3.05, 3.63) is 34.9 Å². The average Bonchev–Trinajstić information content (AvgIpc) is 2.47. The Morgan fingerprint density at radius 3 is 2.48 bits per heavy atom. The van der Waals surface area contributed by atoms with Crippen molar-refractivity contribution in [1.29, 1.82) is 0 Å². The Kier molecular flexibility index (Phi) is 9.14. The maximum Gasteiger partial charge on any atom is 0.230 e. The summed E-state index contributed by atoms with van der Waals surface area (Å²) >= 11 is 7.09. The Hall–Kier alpha value is -1.04. The molecule has 0 saturated carbocycles. The molecule has 1 aromatic carbocycles. The van der Waals surface area contributed by atoms with Crippen LogP contribution < -0.4 is 10.6 Å². The van der Waals surface area contributed by atoms with Gasteiger partial charge in [-0.15, -0.1) is 11.8 Å². The number of Topliss-reactive ketones (excluding diaryl/α,β-unsaturated/α-hetero) is 1. The lowest BCUT2D eigenvalue weighted by molar-refractivity contribution is -0.118. The molecule has 0 aliphatic rings. The van der Waals surface area contributed by atoms with Gasteiger partial charge in [-0.3, -0.25) is 9.59 Å². The minimum absolute atomic E-state index is 0.00841. The monoisotopic (exact) mass is 328 g/mol. The Morgan fingerprint density at radius 2 is 1.81 bits per heavy atom. The molecule has 0 aliphatic heterocycles. The van der Waals surface area contributed by atoms with E-state index >= 15 is 0 Å². The van der Waals surface area contributed by atoms with Gasteiger partial charge < -0.3 is 10.6 Å². The van der Waals surface area contributed by atoms with Gasteiger partial charge in [0.15, 0.2) is 5.78 Å². The summed E-state index contributed by atoms with van der Waals surface area (Å²) in [6, 6.07) is 6.78. The van der Waals surface area contributed by atoms with E-state index in [9.17, 15) is 9.59 Å². The van der Waals surface area contributed by atoms with Crippen molar-refractivity contribution in [2.45, 2.75) is 13.3 Å². The highest BCUT2D eigenvalue weighted by Crippen LogP contribution is 2.12. The Balaban J connectivity index is 2.13. The van der Waals surface area contributed by atoms with Gasteiger partial charge in [0.05, 0.1) is 11.5 Å². The maximum atomic E-state index is 11.9. The second-order valence-corrected chi connectivity index (χ2v) is 5.94. The van der Waals surface area contributed by atoms with Crippen LogP contribution in [0.2, 0.25) is 5.02 Å². The molecule has 6 heteroatoms. The summed E-state index contributed by atoms with van der Waals surface area (Å²) in [4.78, 5) is 23.4. The normalized spacial score (nSPS) is 10.4. The van der Waals surface area contributed by atoms with Crippen molar-refractivity contribution >= 4 is 35.1 Å². The van der Waals surface area contributed by atoms with E-state index in [1.54, 1.807) is 24.3 Å². The van der Waals surface area contributed by atoms with E-state index in [0.717, 1.165) is 19.5 Å². The van der Waals surface area contributed by atoms with Gasteiger partial charge in [0, 0.05) is 23.7 Å². The maximum absolute atomic E-state index is 11.9. The highest BCUT2D eigenvalue weighted by molar-refractivity contribution is 8.00. The lowest BCUT2D eigenvalue weighted by atomic mass is 10.1. The van der Waals surface area contributed by atoms with Crippen LogP contribution in [0.3, 0.4) is 0 Å². The van der Waals surface area contributed by atoms with Crippen molar-refractivity contribution in [3.8, 4) is 0 Å². The number of amides is 1. The summed E-state index contributed by atoms with van der Waals surface area (Å²) in [6.45, 7) is 4.44. The van der Waals surface area contributed by atoms with E-state index in [1.807, 2.05) is 0 Å². The number of carbonyl (C=O) groups excluding carboxylic acids is 2. The highest BCUT2D eigenvalue weighted by atomic mass is 35.5. The number of rotatable bonds is 10. The third-order valence-corrected chi connectivity index (χ3v) is 3.87. The van der Waals surface area contributed by atoms with Gasteiger partial charge in [0.2, 0.25) is 5.91 Å². The average molecular weight is 329 g/mol. The number of thioether (sulfide) groups is 1. The Morgan fingerprint density at radius 1 is 1.10 bits per heavy atom. The van der Waals surface area contributed by atoms with Gasteiger partial charge in [-0.05, 0) is 37.2 Å². The number of nitrogens with one attached hydrogen (secondary N) is 2. The summed E-state index contributed by atoms with van der Waals surface area (Å²) in [6.07, 6.45) is 1.08. The molecule has 0 aliphatic carbocycles. The first-order chi connectivity index (χ1) is 10.1. The first-order valence-electron chi connectivity index (χ1n) is 6.97. The number of hydrogen-bond donors (Lipinski definition) is 2. The highest BCUT2D eigenvalue weighted by Gasteiger charge is 2.07. The molecular weight excluding hydrogens is 308 g/mol. The van der Waals surface area contributed by atoms with E-state index in [-0.39, 0.29) is 11.7 Å².